The first-order valence-corrected chi connectivity index (χ1v) is 10.2. The van der Waals surface area contributed by atoms with Crippen LogP contribution < -0.4 is 14.8 Å². The summed E-state index contributed by atoms with van der Waals surface area (Å²) in [7, 11) is 0. The van der Waals surface area contributed by atoms with Gasteiger partial charge in [0.25, 0.3) is 5.91 Å². The van der Waals surface area contributed by atoms with Gasteiger partial charge in [0, 0.05) is 35.5 Å². The van der Waals surface area contributed by atoms with Gasteiger partial charge in [0.15, 0.2) is 17.3 Å². The zero-order chi connectivity index (χ0) is 21.4. The molecule has 0 bridgehead atoms. The normalized spacial score (nSPS) is 18.2. The van der Waals surface area contributed by atoms with Crippen molar-refractivity contribution < 1.29 is 23.9 Å². The molecule has 2 aromatic carbocycles. The molecular weight excluding hydrogens is 398 g/mol. The maximum Gasteiger partial charge on any atom is 0.325 e. The van der Waals surface area contributed by atoms with Crippen LogP contribution in [-0.4, -0.2) is 53.4 Å². The van der Waals surface area contributed by atoms with Crippen molar-refractivity contribution in [3.63, 3.8) is 0 Å². The third-order valence-electron chi connectivity index (χ3n) is 5.58. The van der Waals surface area contributed by atoms with E-state index in [1.165, 1.54) is 0 Å². The van der Waals surface area contributed by atoms with Crippen LogP contribution in [0, 0.1) is 0 Å². The minimum atomic E-state index is -0.705. The molecule has 0 spiro atoms. The summed E-state index contributed by atoms with van der Waals surface area (Å²) >= 11 is 0. The van der Waals surface area contributed by atoms with E-state index < -0.39 is 18.0 Å². The van der Waals surface area contributed by atoms with Crippen LogP contribution in [0.3, 0.4) is 0 Å². The Bertz CT molecular complexity index is 1180. The lowest BCUT2D eigenvalue weighted by Gasteiger charge is -2.13. The summed E-state index contributed by atoms with van der Waals surface area (Å²) in [6, 6.07) is 11.4. The Morgan fingerprint density at radius 1 is 1.06 bits per heavy atom. The quantitative estimate of drug-likeness (QED) is 0.489. The van der Waals surface area contributed by atoms with Crippen molar-refractivity contribution in [1.82, 2.24) is 15.2 Å². The van der Waals surface area contributed by atoms with Crippen LogP contribution in [0.2, 0.25) is 0 Å². The topological polar surface area (TPSA) is 101 Å². The molecule has 3 aromatic rings. The molecule has 8 nitrogen and oxygen atoms in total. The second-order valence-corrected chi connectivity index (χ2v) is 7.63. The third-order valence-corrected chi connectivity index (χ3v) is 5.58. The van der Waals surface area contributed by atoms with Crippen molar-refractivity contribution in [3.05, 3.63) is 59.8 Å². The average molecular weight is 419 g/mol. The molecule has 1 fully saturated rings. The summed E-state index contributed by atoms with van der Waals surface area (Å²) in [5.41, 5.74) is 2.27. The largest absolute Gasteiger partial charge is 0.490 e. The predicted molar refractivity (Wildman–Crippen MR) is 112 cm³/mol. The van der Waals surface area contributed by atoms with E-state index in [4.69, 9.17) is 9.47 Å². The standard InChI is InChI=1S/C23H21N3O5/c27-19(14-6-7-20-21(11-14)31-9-3-8-30-20)13-26-22(28)18(25-23(26)29)10-15-12-24-17-5-2-1-4-16(15)17/h1-2,4-7,11-12,18,24H,3,8-10,13H2,(H,25,29). The van der Waals surface area contributed by atoms with Gasteiger partial charge in [-0.15, -0.1) is 0 Å². The van der Waals surface area contributed by atoms with Crippen molar-refractivity contribution in [3.8, 4) is 11.5 Å². The second kappa shape index (κ2) is 7.79. The molecule has 8 heteroatoms. The van der Waals surface area contributed by atoms with Gasteiger partial charge in [0.2, 0.25) is 0 Å². The molecule has 2 aliphatic heterocycles. The van der Waals surface area contributed by atoms with Crippen molar-refractivity contribution in [2.75, 3.05) is 19.8 Å². The molecular formula is C23H21N3O5. The molecule has 1 saturated heterocycles. The van der Waals surface area contributed by atoms with E-state index in [2.05, 4.69) is 10.3 Å². The van der Waals surface area contributed by atoms with E-state index >= 15 is 0 Å². The number of para-hydroxylation sites is 1. The molecule has 0 saturated carbocycles. The molecule has 2 aliphatic rings. The number of nitrogens with zero attached hydrogens (tertiary/aromatic N) is 1. The first kappa shape index (κ1) is 19.2. The van der Waals surface area contributed by atoms with Crippen LogP contribution in [0.4, 0.5) is 4.79 Å². The molecule has 0 radical (unpaired) electrons. The predicted octanol–water partition coefficient (Wildman–Crippen LogP) is 2.68. The molecule has 31 heavy (non-hydrogen) atoms. The van der Waals surface area contributed by atoms with Crippen LogP contribution in [0.25, 0.3) is 10.9 Å². The molecule has 1 atom stereocenters. The van der Waals surface area contributed by atoms with Gasteiger partial charge in [0.1, 0.15) is 6.04 Å². The molecule has 0 aliphatic carbocycles. The maximum atomic E-state index is 12.9. The summed E-state index contributed by atoms with van der Waals surface area (Å²) in [6.07, 6.45) is 2.96. The van der Waals surface area contributed by atoms with E-state index in [1.54, 1.807) is 18.2 Å². The van der Waals surface area contributed by atoms with Crippen molar-refractivity contribution >= 4 is 28.6 Å². The third kappa shape index (κ3) is 3.61. The Hall–Kier alpha value is -3.81. The Morgan fingerprint density at radius 2 is 1.87 bits per heavy atom. The number of hydrogen-bond acceptors (Lipinski definition) is 5. The molecule has 158 valence electrons. The summed E-state index contributed by atoms with van der Waals surface area (Å²) in [5.74, 6) is 0.338. The number of ketones is 1. The SMILES string of the molecule is O=C(CN1C(=O)NC(Cc2c[nH]c3ccccc23)C1=O)c1ccc2c(c1)OCCCO2. The number of aromatic nitrogens is 1. The highest BCUT2D eigenvalue weighted by Gasteiger charge is 2.39. The van der Waals surface area contributed by atoms with Gasteiger partial charge in [-0.25, -0.2) is 4.79 Å². The van der Waals surface area contributed by atoms with Crippen LogP contribution in [0.15, 0.2) is 48.7 Å². The first-order valence-electron chi connectivity index (χ1n) is 10.2. The van der Waals surface area contributed by atoms with E-state index in [-0.39, 0.29) is 12.3 Å². The van der Waals surface area contributed by atoms with Gasteiger partial charge >= 0.3 is 6.03 Å². The zero-order valence-electron chi connectivity index (χ0n) is 16.7. The highest BCUT2D eigenvalue weighted by atomic mass is 16.5. The van der Waals surface area contributed by atoms with Crippen molar-refractivity contribution in [2.45, 2.75) is 18.9 Å². The number of H-pyrrole nitrogens is 1. The Morgan fingerprint density at radius 3 is 2.74 bits per heavy atom. The van der Waals surface area contributed by atoms with Gasteiger partial charge < -0.3 is 19.8 Å². The Labute approximate surface area is 178 Å². The van der Waals surface area contributed by atoms with Gasteiger partial charge in [-0.2, -0.15) is 0 Å². The number of fused-ring (bicyclic) bond motifs is 2. The first-order chi connectivity index (χ1) is 15.1. The Kier molecular flexibility index (Phi) is 4.82. The number of benzene rings is 2. The fourth-order valence-electron chi connectivity index (χ4n) is 3.96. The number of imide groups is 1. The lowest BCUT2D eigenvalue weighted by atomic mass is 10.0. The van der Waals surface area contributed by atoms with Crippen LogP contribution >= 0.6 is 0 Å². The number of Topliss-reactive ketones (excluding diaryl/α,β-unsaturated/α-hetero) is 1. The van der Waals surface area contributed by atoms with Crippen LogP contribution in [0.5, 0.6) is 11.5 Å². The molecule has 3 heterocycles. The maximum absolute atomic E-state index is 12.9. The molecule has 1 aromatic heterocycles. The van der Waals surface area contributed by atoms with Crippen LogP contribution in [0.1, 0.15) is 22.3 Å². The lowest BCUT2D eigenvalue weighted by Crippen LogP contribution is -2.36. The summed E-state index contributed by atoms with van der Waals surface area (Å²) < 4.78 is 11.2. The molecule has 5 rings (SSSR count). The molecule has 1 unspecified atom stereocenters. The summed E-state index contributed by atoms with van der Waals surface area (Å²) in [4.78, 5) is 42.2. The highest BCUT2D eigenvalue weighted by Crippen LogP contribution is 2.30. The fraction of sp³-hybridized carbons (Fsp3) is 0.261. The minimum absolute atomic E-state index is 0.325. The lowest BCUT2D eigenvalue weighted by molar-refractivity contribution is -0.127. The number of hydrogen-bond donors (Lipinski definition) is 2. The minimum Gasteiger partial charge on any atom is -0.490 e. The summed E-state index contributed by atoms with van der Waals surface area (Å²) in [6.45, 7) is 0.739. The average Bonchev–Trinajstić information content (AvgIpc) is 3.18. The number of rotatable bonds is 5. The number of amides is 3. The van der Waals surface area contributed by atoms with Gasteiger partial charge in [-0.05, 0) is 29.8 Å². The number of carbonyl (C=O) groups is 3. The van der Waals surface area contributed by atoms with Crippen molar-refractivity contribution in [1.29, 1.82) is 0 Å². The zero-order valence-corrected chi connectivity index (χ0v) is 16.7. The monoisotopic (exact) mass is 419 g/mol. The summed E-state index contributed by atoms with van der Waals surface area (Å²) in [5, 5.41) is 3.70. The smallest absolute Gasteiger partial charge is 0.325 e. The van der Waals surface area contributed by atoms with E-state index in [0.29, 0.717) is 36.7 Å². The van der Waals surface area contributed by atoms with E-state index in [0.717, 1.165) is 27.8 Å². The van der Waals surface area contributed by atoms with Crippen LogP contribution in [-0.2, 0) is 11.2 Å². The second-order valence-electron chi connectivity index (χ2n) is 7.63. The number of aromatic amines is 1. The molecule has 3 amide bonds. The van der Waals surface area contributed by atoms with Gasteiger partial charge in [-0.1, -0.05) is 18.2 Å². The van der Waals surface area contributed by atoms with E-state index in [9.17, 15) is 14.4 Å². The number of urea groups is 1. The molecule has 2 N–H and O–H groups in total. The highest BCUT2D eigenvalue weighted by molar-refractivity contribution is 6.09. The van der Waals surface area contributed by atoms with Gasteiger partial charge in [0.05, 0.1) is 19.8 Å². The number of carbonyl (C=O) groups excluding carboxylic acids is 3. The van der Waals surface area contributed by atoms with E-state index in [1.807, 2.05) is 30.5 Å². The van der Waals surface area contributed by atoms with Crippen molar-refractivity contribution in [2.24, 2.45) is 0 Å². The number of nitrogens with one attached hydrogen (secondary N) is 2. The Balaban J connectivity index is 1.30. The van der Waals surface area contributed by atoms with Gasteiger partial charge in [-0.3, -0.25) is 14.5 Å². The number of ether oxygens (including phenoxy) is 2. The fourth-order valence-corrected chi connectivity index (χ4v) is 3.96.